The Balaban J connectivity index is 0. The van der Waals surface area contributed by atoms with Crippen molar-refractivity contribution in [3.05, 3.63) is 29.3 Å². The van der Waals surface area contributed by atoms with Gasteiger partial charge in [0.2, 0.25) is 0 Å². The number of anilines is 1. The highest BCUT2D eigenvalue weighted by atomic mass is 15.1. The molecule has 0 aliphatic rings. The first-order valence-electron chi connectivity index (χ1n) is 5.86. The van der Waals surface area contributed by atoms with Gasteiger partial charge in [-0.1, -0.05) is 45.9 Å². The zero-order valence-electron chi connectivity index (χ0n) is 11.7. The summed E-state index contributed by atoms with van der Waals surface area (Å²) in [6.45, 7) is 12.3. The van der Waals surface area contributed by atoms with E-state index in [0.29, 0.717) is 0 Å². The van der Waals surface area contributed by atoms with Crippen molar-refractivity contribution in [3.8, 4) is 0 Å². The monoisotopic (exact) mass is 209 g/mol. The summed E-state index contributed by atoms with van der Waals surface area (Å²) in [6.07, 6.45) is 0. The Morgan fingerprint density at radius 1 is 0.800 bits per heavy atom. The molecule has 0 spiro atoms. The fourth-order valence-corrected chi connectivity index (χ4v) is 1.51. The van der Waals surface area contributed by atoms with E-state index in [2.05, 4.69) is 51.0 Å². The van der Waals surface area contributed by atoms with Crippen LogP contribution in [-0.2, 0) is 0 Å². The summed E-state index contributed by atoms with van der Waals surface area (Å²) in [5, 5.41) is 0. The highest BCUT2D eigenvalue weighted by Gasteiger charge is 2.01. The second-order valence-corrected chi connectivity index (χ2v) is 3.13. The number of aryl methyl sites for hydroxylation is 2. The molecule has 1 heteroatoms. The number of para-hydroxylation sites is 1. The van der Waals surface area contributed by atoms with Crippen molar-refractivity contribution in [2.45, 2.75) is 41.5 Å². The van der Waals surface area contributed by atoms with Gasteiger partial charge in [0.25, 0.3) is 0 Å². The van der Waals surface area contributed by atoms with Crippen molar-refractivity contribution < 1.29 is 0 Å². The zero-order chi connectivity index (χ0) is 12.4. The molecule has 1 aromatic rings. The van der Waals surface area contributed by atoms with Gasteiger partial charge in [-0.15, -0.1) is 0 Å². The van der Waals surface area contributed by atoms with Gasteiger partial charge in [0, 0.05) is 19.8 Å². The summed E-state index contributed by atoms with van der Waals surface area (Å²) in [6, 6.07) is 6.38. The predicted octanol–water partition coefficient (Wildman–Crippen LogP) is 4.42. The van der Waals surface area contributed by atoms with Crippen molar-refractivity contribution in [1.29, 1.82) is 0 Å². The molecule has 0 bridgehead atoms. The summed E-state index contributed by atoms with van der Waals surface area (Å²) in [5.41, 5.74) is 4.03. The second kappa shape index (κ2) is 9.57. The molecular weight excluding hydrogens is 182 g/mol. The number of benzene rings is 1. The number of nitrogens with zero attached hydrogens (tertiary/aromatic N) is 1. The lowest BCUT2D eigenvalue weighted by atomic mass is 10.1. The van der Waals surface area contributed by atoms with E-state index in [-0.39, 0.29) is 0 Å². The molecule has 0 aliphatic carbocycles. The van der Waals surface area contributed by atoms with Gasteiger partial charge in [0.05, 0.1) is 0 Å². The molecule has 0 amide bonds. The molecule has 0 saturated heterocycles. The Labute approximate surface area is 96.1 Å². The maximum absolute atomic E-state index is 2.16. The minimum Gasteiger partial charge on any atom is -0.377 e. The van der Waals surface area contributed by atoms with Crippen molar-refractivity contribution in [2.24, 2.45) is 0 Å². The summed E-state index contributed by atoms with van der Waals surface area (Å²) >= 11 is 0. The SMILES string of the molecule is CC.CC.Cc1cccc(C)c1N(C)C. The van der Waals surface area contributed by atoms with Gasteiger partial charge in [0.1, 0.15) is 0 Å². The van der Waals surface area contributed by atoms with E-state index in [1.807, 2.05) is 27.7 Å². The molecular formula is C14H27N. The predicted molar refractivity (Wildman–Crippen MR) is 72.9 cm³/mol. The first-order chi connectivity index (χ1) is 7.13. The fourth-order valence-electron chi connectivity index (χ4n) is 1.51. The van der Waals surface area contributed by atoms with Crippen molar-refractivity contribution in [3.63, 3.8) is 0 Å². The van der Waals surface area contributed by atoms with Crippen LogP contribution in [0.4, 0.5) is 5.69 Å². The first kappa shape index (κ1) is 16.4. The minimum atomic E-state index is 1.34. The number of hydrogen-bond acceptors (Lipinski definition) is 1. The maximum Gasteiger partial charge on any atom is 0.0420 e. The second-order valence-electron chi connectivity index (χ2n) is 3.13. The summed E-state index contributed by atoms with van der Waals surface area (Å²) in [5.74, 6) is 0. The summed E-state index contributed by atoms with van der Waals surface area (Å²) in [7, 11) is 4.16. The molecule has 0 N–H and O–H groups in total. The Kier molecular flexibility index (Phi) is 10.5. The van der Waals surface area contributed by atoms with E-state index in [4.69, 9.17) is 0 Å². The molecule has 0 fully saturated rings. The molecule has 88 valence electrons. The van der Waals surface area contributed by atoms with Crippen LogP contribution in [0.3, 0.4) is 0 Å². The lowest BCUT2D eigenvalue weighted by Crippen LogP contribution is -2.11. The van der Waals surface area contributed by atoms with Gasteiger partial charge >= 0.3 is 0 Å². The van der Waals surface area contributed by atoms with Gasteiger partial charge in [0.15, 0.2) is 0 Å². The zero-order valence-corrected chi connectivity index (χ0v) is 11.7. The molecule has 0 saturated carbocycles. The van der Waals surface area contributed by atoms with E-state index in [9.17, 15) is 0 Å². The van der Waals surface area contributed by atoms with Gasteiger partial charge < -0.3 is 4.90 Å². The van der Waals surface area contributed by atoms with E-state index in [0.717, 1.165) is 0 Å². The number of rotatable bonds is 1. The third-order valence-corrected chi connectivity index (χ3v) is 1.89. The van der Waals surface area contributed by atoms with Crippen LogP contribution >= 0.6 is 0 Å². The highest BCUT2D eigenvalue weighted by molar-refractivity contribution is 5.57. The van der Waals surface area contributed by atoms with Gasteiger partial charge in [-0.25, -0.2) is 0 Å². The van der Waals surface area contributed by atoms with E-state index < -0.39 is 0 Å². The Bertz CT molecular complexity index is 231. The molecule has 0 unspecified atom stereocenters. The van der Waals surface area contributed by atoms with Gasteiger partial charge in [-0.3, -0.25) is 0 Å². The molecule has 0 atom stereocenters. The van der Waals surface area contributed by atoms with Crippen molar-refractivity contribution in [1.82, 2.24) is 0 Å². The molecule has 0 aliphatic heterocycles. The normalized spacial score (nSPS) is 8.00. The first-order valence-corrected chi connectivity index (χ1v) is 5.86. The maximum atomic E-state index is 2.16. The highest BCUT2D eigenvalue weighted by Crippen LogP contribution is 2.21. The van der Waals surface area contributed by atoms with E-state index >= 15 is 0 Å². The third kappa shape index (κ3) is 5.46. The number of hydrogen-bond donors (Lipinski definition) is 0. The summed E-state index contributed by atoms with van der Waals surface area (Å²) < 4.78 is 0. The van der Waals surface area contributed by atoms with Crippen LogP contribution < -0.4 is 4.90 Å². The van der Waals surface area contributed by atoms with E-state index in [1.165, 1.54) is 16.8 Å². The Morgan fingerprint density at radius 3 is 1.33 bits per heavy atom. The van der Waals surface area contributed by atoms with Crippen LogP contribution in [0.25, 0.3) is 0 Å². The molecule has 1 rings (SSSR count). The quantitative estimate of drug-likeness (QED) is 0.661. The van der Waals surface area contributed by atoms with Gasteiger partial charge in [-0.05, 0) is 25.0 Å². The van der Waals surface area contributed by atoms with Crippen LogP contribution in [0.2, 0.25) is 0 Å². The molecule has 0 heterocycles. The fraction of sp³-hybridized carbons (Fsp3) is 0.571. The lowest BCUT2D eigenvalue weighted by molar-refractivity contribution is 1.10. The minimum absolute atomic E-state index is 1.34. The van der Waals surface area contributed by atoms with E-state index in [1.54, 1.807) is 0 Å². The lowest BCUT2D eigenvalue weighted by Gasteiger charge is -2.17. The van der Waals surface area contributed by atoms with Crippen LogP contribution in [0.15, 0.2) is 18.2 Å². The van der Waals surface area contributed by atoms with Crippen molar-refractivity contribution in [2.75, 3.05) is 19.0 Å². The smallest absolute Gasteiger partial charge is 0.0420 e. The van der Waals surface area contributed by atoms with Crippen LogP contribution in [0, 0.1) is 13.8 Å². The Morgan fingerprint density at radius 2 is 1.13 bits per heavy atom. The average molecular weight is 209 g/mol. The van der Waals surface area contributed by atoms with Crippen LogP contribution in [0.5, 0.6) is 0 Å². The largest absolute Gasteiger partial charge is 0.377 e. The van der Waals surface area contributed by atoms with Crippen molar-refractivity contribution >= 4 is 5.69 Å². The molecule has 1 nitrogen and oxygen atoms in total. The third-order valence-electron chi connectivity index (χ3n) is 1.89. The molecule has 1 aromatic carbocycles. The molecule has 0 aromatic heterocycles. The van der Waals surface area contributed by atoms with Crippen LogP contribution in [0.1, 0.15) is 38.8 Å². The Hall–Kier alpha value is -0.980. The topological polar surface area (TPSA) is 3.24 Å². The summed E-state index contributed by atoms with van der Waals surface area (Å²) in [4.78, 5) is 2.16. The average Bonchev–Trinajstić information content (AvgIpc) is 2.23. The molecule has 15 heavy (non-hydrogen) atoms. The molecule has 0 radical (unpaired) electrons. The van der Waals surface area contributed by atoms with Crippen LogP contribution in [-0.4, -0.2) is 14.1 Å². The van der Waals surface area contributed by atoms with Gasteiger partial charge in [-0.2, -0.15) is 0 Å². The standard InChI is InChI=1S/C10H15N.2C2H6/c1-8-6-5-7-9(2)10(8)11(3)4;2*1-2/h5-7H,1-4H3;2*1-2H3.